The number of fused-ring (bicyclic) bond motifs is 1. The van der Waals surface area contributed by atoms with E-state index in [1.54, 1.807) is 6.20 Å². The third kappa shape index (κ3) is 1.96. The molecule has 0 bridgehead atoms. The molecule has 2 aromatic heterocycles. The number of aromatic nitrogens is 4. The van der Waals surface area contributed by atoms with Crippen LogP contribution in [0.5, 0.6) is 0 Å². The summed E-state index contributed by atoms with van der Waals surface area (Å²) in [6.07, 6.45) is 5.91. The molecule has 2 aliphatic rings. The van der Waals surface area contributed by atoms with Crippen LogP contribution in [-0.4, -0.2) is 33.0 Å². The molecule has 0 aromatic carbocycles. The lowest BCUT2D eigenvalue weighted by molar-refractivity contribution is 0.185. The van der Waals surface area contributed by atoms with Crippen LogP contribution in [0.1, 0.15) is 31.1 Å². The van der Waals surface area contributed by atoms with Gasteiger partial charge >= 0.3 is 0 Å². The number of H-pyrrole nitrogens is 1. The van der Waals surface area contributed by atoms with Gasteiger partial charge in [0.05, 0.1) is 18.8 Å². The third-order valence-corrected chi connectivity index (χ3v) is 3.94. The topological polar surface area (TPSA) is 72.8 Å². The summed E-state index contributed by atoms with van der Waals surface area (Å²) in [5.74, 6) is 1.49. The lowest BCUT2D eigenvalue weighted by atomic mass is 10.2. The molecule has 0 spiro atoms. The molecule has 1 unspecified atom stereocenters. The van der Waals surface area contributed by atoms with Gasteiger partial charge in [-0.1, -0.05) is 0 Å². The summed E-state index contributed by atoms with van der Waals surface area (Å²) in [6.45, 7) is 1.41. The van der Waals surface area contributed by atoms with E-state index in [-0.39, 0.29) is 11.6 Å². The van der Waals surface area contributed by atoms with E-state index in [2.05, 4.69) is 15.1 Å². The summed E-state index contributed by atoms with van der Waals surface area (Å²) >= 11 is 0. The Balaban J connectivity index is 1.80. The maximum Gasteiger partial charge on any atom is 0.262 e. The molecule has 2 aromatic rings. The van der Waals surface area contributed by atoms with E-state index in [0.717, 1.165) is 25.3 Å². The molecule has 1 saturated carbocycles. The van der Waals surface area contributed by atoms with Gasteiger partial charge in [0.15, 0.2) is 5.65 Å². The van der Waals surface area contributed by atoms with E-state index < -0.39 is 0 Å². The average Bonchev–Trinajstić information content (AvgIpc) is 2.91. The van der Waals surface area contributed by atoms with Gasteiger partial charge < -0.3 is 9.72 Å². The van der Waals surface area contributed by atoms with Crippen molar-refractivity contribution in [3.63, 3.8) is 0 Å². The molecule has 6 nitrogen and oxygen atoms in total. The molecule has 6 heteroatoms. The van der Waals surface area contributed by atoms with Crippen LogP contribution in [0.25, 0.3) is 11.0 Å². The quantitative estimate of drug-likeness (QED) is 0.894. The zero-order valence-corrected chi connectivity index (χ0v) is 10.6. The fourth-order valence-electron chi connectivity index (χ4n) is 2.66. The van der Waals surface area contributed by atoms with Crippen LogP contribution in [0, 0.1) is 5.92 Å². The van der Waals surface area contributed by atoms with Gasteiger partial charge in [0.25, 0.3) is 5.56 Å². The van der Waals surface area contributed by atoms with E-state index in [1.807, 2.05) is 4.68 Å². The van der Waals surface area contributed by atoms with Crippen molar-refractivity contribution in [3.05, 3.63) is 22.4 Å². The second-order valence-corrected chi connectivity index (χ2v) is 5.50. The predicted molar refractivity (Wildman–Crippen MR) is 69.0 cm³/mol. The van der Waals surface area contributed by atoms with E-state index in [4.69, 9.17) is 4.74 Å². The van der Waals surface area contributed by atoms with E-state index >= 15 is 0 Å². The number of nitrogens with zero attached hydrogens (tertiary/aromatic N) is 3. The van der Waals surface area contributed by atoms with Crippen LogP contribution in [0.4, 0.5) is 0 Å². The van der Waals surface area contributed by atoms with Crippen molar-refractivity contribution in [3.8, 4) is 0 Å². The highest BCUT2D eigenvalue weighted by molar-refractivity contribution is 5.73. The number of rotatable bonds is 3. The summed E-state index contributed by atoms with van der Waals surface area (Å²) < 4.78 is 7.25. The molecule has 1 saturated heterocycles. The number of nitrogens with one attached hydrogen (secondary N) is 1. The van der Waals surface area contributed by atoms with E-state index in [1.165, 1.54) is 12.8 Å². The highest BCUT2D eigenvalue weighted by Gasteiger charge is 2.25. The van der Waals surface area contributed by atoms with Gasteiger partial charge in [-0.25, -0.2) is 9.67 Å². The van der Waals surface area contributed by atoms with Gasteiger partial charge in [-0.15, -0.1) is 0 Å². The number of hydrogen-bond acceptors (Lipinski definition) is 4. The first-order valence-corrected chi connectivity index (χ1v) is 6.85. The Morgan fingerprint density at radius 2 is 2.32 bits per heavy atom. The molecule has 1 aliphatic carbocycles. The first-order chi connectivity index (χ1) is 9.31. The normalized spacial score (nSPS) is 23.3. The van der Waals surface area contributed by atoms with Crippen molar-refractivity contribution in [2.75, 3.05) is 13.2 Å². The highest BCUT2D eigenvalue weighted by atomic mass is 16.5. The maximum atomic E-state index is 12.0. The molecule has 100 valence electrons. The van der Waals surface area contributed by atoms with Crippen molar-refractivity contribution in [2.24, 2.45) is 5.92 Å². The van der Waals surface area contributed by atoms with Crippen molar-refractivity contribution in [1.29, 1.82) is 0 Å². The van der Waals surface area contributed by atoms with Crippen LogP contribution < -0.4 is 5.56 Å². The maximum absolute atomic E-state index is 12.0. The Bertz CT molecular complexity index is 665. The Hall–Kier alpha value is -1.69. The van der Waals surface area contributed by atoms with Crippen LogP contribution in [0.3, 0.4) is 0 Å². The second-order valence-electron chi connectivity index (χ2n) is 5.50. The van der Waals surface area contributed by atoms with Crippen LogP contribution in [0.15, 0.2) is 11.0 Å². The molecule has 0 amide bonds. The number of ether oxygens (including phenoxy) is 1. The Labute approximate surface area is 109 Å². The molecule has 2 fully saturated rings. The monoisotopic (exact) mass is 260 g/mol. The van der Waals surface area contributed by atoms with E-state index in [9.17, 15) is 4.79 Å². The highest BCUT2D eigenvalue weighted by Crippen LogP contribution is 2.31. The fourth-order valence-corrected chi connectivity index (χ4v) is 2.66. The summed E-state index contributed by atoms with van der Waals surface area (Å²) in [7, 11) is 0. The van der Waals surface area contributed by atoms with Crippen molar-refractivity contribution < 1.29 is 4.74 Å². The van der Waals surface area contributed by atoms with Gasteiger partial charge in [-0.2, -0.15) is 5.10 Å². The summed E-state index contributed by atoms with van der Waals surface area (Å²) in [5.41, 5.74) is 0.626. The summed E-state index contributed by atoms with van der Waals surface area (Å²) in [4.78, 5) is 19.5. The molecule has 0 radical (unpaired) electrons. The van der Waals surface area contributed by atoms with Crippen molar-refractivity contribution in [1.82, 2.24) is 19.7 Å². The minimum absolute atomic E-state index is 0.0779. The first-order valence-electron chi connectivity index (χ1n) is 6.85. The molecular weight excluding hydrogens is 244 g/mol. The molecule has 1 atom stereocenters. The Morgan fingerprint density at radius 3 is 3.05 bits per heavy atom. The second kappa shape index (κ2) is 4.16. The SMILES string of the molecule is O=c1[nH]c(CC2CC2)nc2c1cnn2C1CCOC1. The Morgan fingerprint density at radius 1 is 1.42 bits per heavy atom. The number of hydrogen-bond donors (Lipinski definition) is 1. The summed E-state index contributed by atoms with van der Waals surface area (Å²) in [5, 5.41) is 4.90. The smallest absolute Gasteiger partial charge is 0.262 e. The molecule has 19 heavy (non-hydrogen) atoms. The predicted octanol–water partition coefficient (Wildman–Crippen LogP) is 1.03. The molecule has 1 aliphatic heterocycles. The molecule has 1 N–H and O–H groups in total. The largest absolute Gasteiger partial charge is 0.379 e. The molecular formula is C13H16N4O2. The lowest BCUT2D eigenvalue weighted by Gasteiger charge is -2.09. The minimum Gasteiger partial charge on any atom is -0.379 e. The minimum atomic E-state index is -0.0779. The zero-order chi connectivity index (χ0) is 12.8. The zero-order valence-electron chi connectivity index (χ0n) is 10.6. The Kier molecular flexibility index (Phi) is 2.44. The van der Waals surface area contributed by atoms with Crippen molar-refractivity contribution >= 4 is 11.0 Å². The van der Waals surface area contributed by atoms with Crippen molar-refractivity contribution in [2.45, 2.75) is 31.7 Å². The van der Waals surface area contributed by atoms with Crippen LogP contribution >= 0.6 is 0 Å². The fraction of sp³-hybridized carbons (Fsp3) is 0.615. The number of aromatic amines is 1. The van der Waals surface area contributed by atoms with Gasteiger partial charge in [0.2, 0.25) is 0 Å². The van der Waals surface area contributed by atoms with E-state index in [0.29, 0.717) is 23.6 Å². The van der Waals surface area contributed by atoms with Crippen LogP contribution in [0.2, 0.25) is 0 Å². The average molecular weight is 260 g/mol. The van der Waals surface area contributed by atoms with Gasteiger partial charge in [0.1, 0.15) is 11.2 Å². The van der Waals surface area contributed by atoms with Gasteiger partial charge in [-0.3, -0.25) is 4.79 Å². The van der Waals surface area contributed by atoms with Crippen LogP contribution in [-0.2, 0) is 11.2 Å². The van der Waals surface area contributed by atoms with Gasteiger partial charge in [0, 0.05) is 13.0 Å². The summed E-state index contributed by atoms with van der Waals surface area (Å²) in [6, 6.07) is 0.209. The molecule has 3 heterocycles. The lowest BCUT2D eigenvalue weighted by Crippen LogP contribution is -2.15. The first kappa shape index (κ1) is 11.2. The standard InChI is InChI=1S/C13H16N4O2/c18-13-10-6-14-17(9-3-4-19-7-9)12(10)15-11(16-13)5-8-1-2-8/h6,8-9H,1-5,7H2,(H,15,16,18). The third-order valence-electron chi connectivity index (χ3n) is 3.94. The molecule has 4 rings (SSSR count). The van der Waals surface area contributed by atoms with Gasteiger partial charge in [-0.05, 0) is 25.2 Å².